The van der Waals surface area contributed by atoms with Crippen LogP contribution in [0.3, 0.4) is 0 Å². The SMILES string of the molecule is CCCCc1nc2ccc(Br)cc2c(=O)n1N=Cc1cc(OCC)c(OCc2ccc(Cl)cc2Cl)c(Cl)c1Br. The molecule has 6 nitrogen and oxygen atoms in total. The molecular formula is C28H24Br2Cl3N3O3. The van der Waals surface area contributed by atoms with E-state index >= 15 is 0 Å². The molecule has 0 aliphatic rings. The van der Waals surface area contributed by atoms with Crippen LogP contribution >= 0.6 is 66.7 Å². The molecule has 11 heteroatoms. The topological polar surface area (TPSA) is 65.7 Å². The first-order valence-corrected chi connectivity index (χ1v) is 14.9. The van der Waals surface area contributed by atoms with Crippen LogP contribution in [0, 0.1) is 0 Å². The number of aromatic nitrogens is 2. The molecule has 0 saturated carbocycles. The number of ether oxygens (including phenoxy) is 2. The third-order valence-electron chi connectivity index (χ3n) is 5.78. The maximum absolute atomic E-state index is 13.4. The quantitative estimate of drug-likeness (QED) is 0.154. The highest BCUT2D eigenvalue weighted by atomic mass is 79.9. The molecule has 0 amide bonds. The molecule has 0 N–H and O–H groups in total. The van der Waals surface area contributed by atoms with Crippen LogP contribution in [0.25, 0.3) is 10.9 Å². The molecule has 3 aromatic carbocycles. The fraction of sp³-hybridized carbons (Fsp3) is 0.250. The van der Waals surface area contributed by atoms with Crippen molar-refractivity contribution >= 4 is 83.8 Å². The molecule has 1 heterocycles. The zero-order chi connectivity index (χ0) is 28.1. The molecule has 1 aromatic heterocycles. The number of fused-ring (bicyclic) bond motifs is 1. The molecule has 4 aromatic rings. The number of halogens is 5. The summed E-state index contributed by atoms with van der Waals surface area (Å²) < 4.78 is 14.6. The maximum Gasteiger partial charge on any atom is 0.282 e. The second-order valence-electron chi connectivity index (χ2n) is 8.53. The van der Waals surface area contributed by atoms with Crippen molar-refractivity contribution in [1.29, 1.82) is 0 Å². The van der Waals surface area contributed by atoms with Crippen molar-refractivity contribution in [3.05, 3.63) is 93.8 Å². The van der Waals surface area contributed by atoms with E-state index in [-0.39, 0.29) is 12.2 Å². The number of nitrogens with zero attached hydrogens (tertiary/aromatic N) is 3. The van der Waals surface area contributed by atoms with Gasteiger partial charge in [0.05, 0.1) is 23.7 Å². The lowest BCUT2D eigenvalue weighted by Crippen LogP contribution is -2.22. The Kier molecular flexibility index (Phi) is 10.3. The third-order valence-corrected chi connectivity index (χ3v) is 8.31. The second-order valence-corrected chi connectivity index (χ2v) is 11.5. The fourth-order valence-corrected chi connectivity index (χ4v) is 5.29. The Morgan fingerprint density at radius 1 is 1.05 bits per heavy atom. The van der Waals surface area contributed by atoms with Gasteiger partial charge in [-0.3, -0.25) is 4.79 Å². The van der Waals surface area contributed by atoms with Crippen LogP contribution in [0.1, 0.15) is 43.6 Å². The summed E-state index contributed by atoms with van der Waals surface area (Å²) in [4.78, 5) is 18.1. The third kappa shape index (κ3) is 6.98. The van der Waals surface area contributed by atoms with Crippen LogP contribution in [0.15, 0.2) is 61.3 Å². The lowest BCUT2D eigenvalue weighted by Gasteiger charge is -2.16. The van der Waals surface area contributed by atoms with Gasteiger partial charge in [0.15, 0.2) is 11.5 Å². The van der Waals surface area contributed by atoms with Crippen LogP contribution in [0.5, 0.6) is 11.5 Å². The molecule has 0 unspecified atom stereocenters. The highest BCUT2D eigenvalue weighted by Gasteiger charge is 2.19. The smallest absolute Gasteiger partial charge is 0.282 e. The van der Waals surface area contributed by atoms with Crippen molar-refractivity contribution in [3.63, 3.8) is 0 Å². The predicted octanol–water partition coefficient (Wildman–Crippen LogP) is 9.08. The molecule has 0 atom stereocenters. The van der Waals surface area contributed by atoms with Gasteiger partial charge in [-0.05, 0) is 65.7 Å². The van der Waals surface area contributed by atoms with E-state index < -0.39 is 0 Å². The van der Waals surface area contributed by atoms with Crippen molar-refractivity contribution in [1.82, 2.24) is 9.66 Å². The molecule has 0 aliphatic heterocycles. The van der Waals surface area contributed by atoms with Crippen molar-refractivity contribution in [2.24, 2.45) is 5.10 Å². The second kappa shape index (κ2) is 13.5. The number of benzene rings is 3. The number of hydrogen-bond acceptors (Lipinski definition) is 5. The van der Waals surface area contributed by atoms with Crippen LogP contribution in [-0.4, -0.2) is 22.5 Å². The molecule has 0 aliphatic carbocycles. The first-order valence-electron chi connectivity index (χ1n) is 12.2. The summed E-state index contributed by atoms with van der Waals surface area (Å²) in [6.45, 7) is 4.49. The van der Waals surface area contributed by atoms with Crippen molar-refractivity contribution in [2.75, 3.05) is 6.61 Å². The Hall–Kier alpha value is -2.10. The fourth-order valence-electron chi connectivity index (χ4n) is 3.81. The van der Waals surface area contributed by atoms with E-state index in [0.717, 1.165) is 22.9 Å². The van der Waals surface area contributed by atoms with Gasteiger partial charge < -0.3 is 9.47 Å². The van der Waals surface area contributed by atoms with Gasteiger partial charge in [-0.15, -0.1) is 0 Å². The van der Waals surface area contributed by atoms with Gasteiger partial charge in [0, 0.05) is 36.5 Å². The zero-order valence-corrected chi connectivity index (χ0v) is 26.6. The van der Waals surface area contributed by atoms with E-state index in [1.807, 2.05) is 19.1 Å². The minimum Gasteiger partial charge on any atom is -0.490 e. The predicted molar refractivity (Wildman–Crippen MR) is 166 cm³/mol. The molecule has 0 spiro atoms. The first kappa shape index (κ1) is 29.9. The molecule has 204 valence electrons. The Balaban J connectivity index is 1.74. The number of aryl methyl sites for hydroxylation is 1. The Bertz CT molecular complexity index is 1610. The summed E-state index contributed by atoms with van der Waals surface area (Å²) in [5.41, 5.74) is 1.72. The summed E-state index contributed by atoms with van der Waals surface area (Å²) in [5, 5.41) is 6.33. The van der Waals surface area contributed by atoms with Crippen molar-refractivity contribution in [2.45, 2.75) is 39.7 Å². The number of rotatable bonds is 10. The average Bonchev–Trinajstić information content (AvgIpc) is 2.91. The van der Waals surface area contributed by atoms with E-state index in [9.17, 15) is 4.79 Å². The molecule has 4 rings (SSSR count). The Labute approximate surface area is 258 Å². The summed E-state index contributed by atoms with van der Waals surface area (Å²) in [6, 6.07) is 12.4. The highest BCUT2D eigenvalue weighted by molar-refractivity contribution is 9.10. The van der Waals surface area contributed by atoms with Crippen LogP contribution in [0.4, 0.5) is 0 Å². The largest absolute Gasteiger partial charge is 0.490 e. The van der Waals surface area contributed by atoms with Crippen LogP contribution in [-0.2, 0) is 13.0 Å². The van der Waals surface area contributed by atoms with Crippen molar-refractivity contribution < 1.29 is 9.47 Å². The zero-order valence-electron chi connectivity index (χ0n) is 21.1. The lowest BCUT2D eigenvalue weighted by atomic mass is 10.2. The Morgan fingerprint density at radius 2 is 1.85 bits per heavy atom. The van der Waals surface area contributed by atoms with Gasteiger partial charge >= 0.3 is 0 Å². The van der Waals surface area contributed by atoms with E-state index in [2.05, 4.69) is 43.9 Å². The molecule has 39 heavy (non-hydrogen) atoms. The summed E-state index contributed by atoms with van der Waals surface area (Å²) >= 11 is 26.0. The Morgan fingerprint density at radius 3 is 2.56 bits per heavy atom. The lowest BCUT2D eigenvalue weighted by molar-refractivity contribution is 0.269. The number of unbranched alkanes of at least 4 members (excludes halogenated alkanes) is 1. The monoisotopic (exact) mass is 713 g/mol. The van der Waals surface area contributed by atoms with E-state index in [0.29, 0.717) is 66.4 Å². The van der Waals surface area contributed by atoms with Gasteiger partial charge in [0.2, 0.25) is 0 Å². The summed E-state index contributed by atoms with van der Waals surface area (Å²) in [5.74, 6) is 1.36. The molecule has 0 radical (unpaired) electrons. The first-order chi connectivity index (χ1) is 18.7. The highest BCUT2D eigenvalue weighted by Crippen LogP contribution is 2.43. The summed E-state index contributed by atoms with van der Waals surface area (Å²) in [7, 11) is 0. The molecule has 0 bridgehead atoms. The van der Waals surface area contributed by atoms with E-state index in [4.69, 9.17) is 49.3 Å². The van der Waals surface area contributed by atoms with Gasteiger partial charge in [-0.2, -0.15) is 9.78 Å². The number of hydrogen-bond donors (Lipinski definition) is 0. The minimum atomic E-state index is -0.254. The van der Waals surface area contributed by atoms with Gasteiger partial charge in [-0.1, -0.05) is 70.1 Å². The summed E-state index contributed by atoms with van der Waals surface area (Å²) in [6.07, 6.45) is 4.00. The van der Waals surface area contributed by atoms with E-state index in [1.54, 1.807) is 36.5 Å². The van der Waals surface area contributed by atoms with Gasteiger partial charge in [-0.25, -0.2) is 4.98 Å². The van der Waals surface area contributed by atoms with Gasteiger partial charge in [0.25, 0.3) is 5.56 Å². The van der Waals surface area contributed by atoms with Gasteiger partial charge in [0.1, 0.15) is 17.5 Å². The van der Waals surface area contributed by atoms with Crippen LogP contribution < -0.4 is 15.0 Å². The maximum atomic E-state index is 13.4. The van der Waals surface area contributed by atoms with Crippen LogP contribution in [0.2, 0.25) is 15.1 Å². The minimum absolute atomic E-state index is 0.157. The average molecular weight is 717 g/mol. The normalized spacial score (nSPS) is 11.5. The molecular weight excluding hydrogens is 692 g/mol. The molecule has 0 saturated heterocycles. The standard InChI is InChI=1S/C28H24Br2Cl3N3O3/c1-3-5-6-24-35-22-10-8-18(29)12-20(22)28(37)36(24)34-14-17-11-23(38-4-2)27(26(33)25(17)30)39-15-16-7-9-19(31)13-21(16)32/h7-14H,3-6,15H2,1-2H3. The van der Waals surface area contributed by atoms with E-state index in [1.165, 1.54) is 4.68 Å². The molecule has 0 fully saturated rings. The van der Waals surface area contributed by atoms with Crippen molar-refractivity contribution in [3.8, 4) is 11.5 Å².